The van der Waals surface area contributed by atoms with Gasteiger partial charge in [-0.3, -0.25) is 14.5 Å². The van der Waals surface area contributed by atoms with Gasteiger partial charge >= 0.3 is 0 Å². The first-order valence-corrected chi connectivity index (χ1v) is 4.84. The Labute approximate surface area is 78.1 Å². The van der Waals surface area contributed by atoms with E-state index in [0.717, 1.165) is 13.0 Å². The van der Waals surface area contributed by atoms with Crippen LogP contribution in [-0.2, 0) is 9.59 Å². The van der Waals surface area contributed by atoms with Crippen LogP contribution in [0.15, 0.2) is 0 Å². The summed E-state index contributed by atoms with van der Waals surface area (Å²) in [4.78, 5) is 24.8. The Bertz CT molecular complexity index is 262. The normalized spacial score (nSPS) is 39.5. The van der Waals surface area contributed by atoms with E-state index in [-0.39, 0.29) is 17.7 Å². The first kappa shape index (κ1) is 8.88. The molecule has 1 aliphatic carbocycles. The predicted molar refractivity (Wildman–Crippen MR) is 48.3 cm³/mol. The van der Waals surface area contributed by atoms with Crippen molar-refractivity contribution in [2.75, 3.05) is 13.6 Å². The molecule has 3 nitrogen and oxygen atoms in total. The van der Waals surface area contributed by atoms with Gasteiger partial charge in [-0.25, -0.2) is 0 Å². The number of fused-ring (bicyclic) bond motifs is 1. The third-order valence-corrected chi connectivity index (χ3v) is 3.44. The third kappa shape index (κ3) is 1.22. The number of hydrogen-bond donors (Lipinski definition) is 0. The van der Waals surface area contributed by atoms with Crippen molar-refractivity contribution in [2.45, 2.75) is 25.8 Å². The van der Waals surface area contributed by atoms with Gasteiger partial charge < -0.3 is 0 Å². The summed E-state index contributed by atoms with van der Waals surface area (Å²) >= 11 is 0. The lowest BCUT2D eigenvalue weighted by molar-refractivity contribution is -0.122. The Hall–Kier alpha value is -0.700. The van der Waals surface area contributed by atoms with Crippen molar-refractivity contribution >= 4 is 11.6 Å². The van der Waals surface area contributed by atoms with Gasteiger partial charge in [-0.2, -0.15) is 0 Å². The molecular formula is C10H15NO2. The van der Waals surface area contributed by atoms with Gasteiger partial charge in [-0.15, -0.1) is 0 Å². The Morgan fingerprint density at radius 2 is 2.23 bits per heavy atom. The maximum atomic E-state index is 11.4. The van der Waals surface area contributed by atoms with E-state index >= 15 is 0 Å². The van der Waals surface area contributed by atoms with E-state index in [0.29, 0.717) is 18.1 Å². The molecule has 1 heterocycles. The smallest absolute Gasteiger partial charge is 0.147 e. The summed E-state index contributed by atoms with van der Waals surface area (Å²) in [6.07, 6.45) is 1.60. The quantitative estimate of drug-likeness (QED) is 0.590. The summed E-state index contributed by atoms with van der Waals surface area (Å²) in [5, 5.41) is 0. The van der Waals surface area contributed by atoms with E-state index in [1.54, 1.807) is 6.92 Å². The predicted octanol–water partition coefficient (Wildman–Crippen LogP) is 0.485. The van der Waals surface area contributed by atoms with Crippen molar-refractivity contribution in [1.29, 1.82) is 0 Å². The van der Waals surface area contributed by atoms with Gasteiger partial charge in [0.15, 0.2) is 0 Å². The molecule has 0 aromatic rings. The molecule has 0 amide bonds. The Kier molecular flexibility index (Phi) is 1.99. The van der Waals surface area contributed by atoms with Crippen LogP contribution in [0.5, 0.6) is 0 Å². The number of nitrogens with zero attached hydrogens (tertiary/aromatic N) is 1. The molecule has 3 atom stereocenters. The third-order valence-electron chi connectivity index (χ3n) is 3.44. The lowest BCUT2D eigenvalue weighted by Gasteiger charge is -2.20. The molecule has 2 fully saturated rings. The molecule has 0 radical (unpaired) electrons. The van der Waals surface area contributed by atoms with Crippen molar-refractivity contribution in [2.24, 2.45) is 11.8 Å². The van der Waals surface area contributed by atoms with Crippen molar-refractivity contribution in [3.05, 3.63) is 0 Å². The highest BCUT2D eigenvalue weighted by atomic mass is 16.1. The van der Waals surface area contributed by atoms with Crippen LogP contribution in [0.25, 0.3) is 0 Å². The van der Waals surface area contributed by atoms with Crippen LogP contribution in [0.2, 0.25) is 0 Å². The number of likely N-dealkylation sites (N-methyl/N-ethyl adjacent to an activating group) is 1. The van der Waals surface area contributed by atoms with E-state index < -0.39 is 0 Å². The van der Waals surface area contributed by atoms with Crippen molar-refractivity contribution < 1.29 is 9.59 Å². The first-order valence-electron chi connectivity index (χ1n) is 4.84. The Morgan fingerprint density at radius 1 is 1.54 bits per heavy atom. The molecule has 0 N–H and O–H groups in total. The van der Waals surface area contributed by atoms with Crippen LogP contribution >= 0.6 is 0 Å². The number of ketones is 2. The van der Waals surface area contributed by atoms with Gasteiger partial charge in [0, 0.05) is 18.9 Å². The second kappa shape index (κ2) is 2.91. The van der Waals surface area contributed by atoms with Crippen LogP contribution in [0.1, 0.15) is 19.8 Å². The summed E-state index contributed by atoms with van der Waals surface area (Å²) in [5.74, 6) is 1.04. The molecule has 1 unspecified atom stereocenters. The van der Waals surface area contributed by atoms with E-state index in [4.69, 9.17) is 0 Å². The highest BCUT2D eigenvalue weighted by Gasteiger charge is 2.48. The maximum absolute atomic E-state index is 11.4. The number of Topliss-reactive ketones (excluding diaryl/α,β-unsaturated/α-hetero) is 2. The Balaban J connectivity index is 2.22. The SMILES string of the molecule is CC(=O)C1[C@H]2CCC(=O)[C@H]2CN1C. The molecule has 2 aliphatic rings. The second-order valence-corrected chi connectivity index (χ2v) is 4.27. The zero-order chi connectivity index (χ0) is 9.59. The maximum Gasteiger partial charge on any atom is 0.147 e. The molecule has 3 heteroatoms. The van der Waals surface area contributed by atoms with Crippen LogP contribution in [0.3, 0.4) is 0 Å². The highest BCUT2D eigenvalue weighted by molar-refractivity contribution is 5.89. The topological polar surface area (TPSA) is 37.4 Å². The van der Waals surface area contributed by atoms with Crippen molar-refractivity contribution in [3.63, 3.8) is 0 Å². The van der Waals surface area contributed by atoms with E-state index in [9.17, 15) is 9.59 Å². The zero-order valence-corrected chi connectivity index (χ0v) is 8.12. The average molecular weight is 181 g/mol. The summed E-state index contributed by atoms with van der Waals surface area (Å²) in [6.45, 7) is 2.42. The van der Waals surface area contributed by atoms with Crippen LogP contribution in [0.4, 0.5) is 0 Å². The lowest BCUT2D eigenvalue weighted by atomic mass is 9.92. The first-order chi connectivity index (χ1) is 6.11. The van der Waals surface area contributed by atoms with E-state index in [1.165, 1.54) is 0 Å². The van der Waals surface area contributed by atoms with E-state index in [2.05, 4.69) is 0 Å². The minimum Gasteiger partial charge on any atom is -0.299 e. The standard InChI is InChI=1S/C10H15NO2/c1-6(12)10-7-3-4-9(13)8(7)5-11(10)2/h7-8,10H,3-5H2,1-2H3/t7-,8-,10?/m0/s1. The summed E-state index contributed by atoms with van der Waals surface area (Å²) in [5.41, 5.74) is 0. The average Bonchev–Trinajstić information content (AvgIpc) is 2.51. The van der Waals surface area contributed by atoms with Crippen LogP contribution in [0, 0.1) is 11.8 Å². The fourth-order valence-corrected chi connectivity index (χ4v) is 2.91. The van der Waals surface area contributed by atoms with Gasteiger partial charge in [-0.05, 0) is 26.3 Å². The second-order valence-electron chi connectivity index (χ2n) is 4.27. The molecular weight excluding hydrogens is 166 g/mol. The Morgan fingerprint density at radius 3 is 2.85 bits per heavy atom. The van der Waals surface area contributed by atoms with Gasteiger partial charge in [0.25, 0.3) is 0 Å². The molecule has 1 aliphatic heterocycles. The number of rotatable bonds is 1. The van der Waals surface area contributed by atoms with Gasteiger partial charge in [-0.1, -0.05) is 0 Å². The summed E-state index contributed by atoms with van der Waals surface area (Å²) in [7, 11) is 1.94. The number of carbonyl (C=O) groups excluding carboxylic acids is 2. The van der Waals surface area contributed by atoms with Crippen molar-refractivity contribution in [1.82, 2.24) is 4.90 Å². The van der Waals surface area contributed by atoms with Crippen LogP contribution < -0.4 is 0 Å². The molecule has 13 heavy (non-hydrogen) atoms. The summed E-state index contributed by atoms with van der Waals surface area (Å²) in [6, 6.07) is 0.0106. The summed E-state index contributed by atoms with van der Waals surface area (Å²) < 4.78 is 0. The fraction of sp³-hybridized carbons (Fsp3) is 0.800. The van der Waals surface area contributed by atoms with E-state index in [1.807, 2.05) is 11.9 Å². The fourth-order valence-electron chi connectivity index (χ4n) is 2.91. The van der Waals surface area contributed by atoms with Gasteiger partial charge in [0.05, 0.1) is 6.04 Å². The largest absolute Gasteiger partial charge is 0.299 e. The van der Waals surface area contributed by atoms with Crippen LogP contribution in [-0.4, -0.2) is 36.1 Å². The van der Waals surface area contributed by atoms with Crippen molar-refractivity contribution in [3.8, 4) is 0 Å². The molecule has 2 rings (SSSR count). The molecule has 0 aromatic carbocycles. The molecule has 1 saturated heterocycles. The van der Waals surface area contributed by atoms with Gasteiger partial charge in [0.2, 0.25) is 0 Å². The molecule has 0 spiro atoms. The number of likely N-dealkylation sites (tertiary alicyclic amines) is 1. The molecule has 0 aromatic heterocycles. The monoisotopic (exact) mass is 181 g/mol. The molecule has 1 saturated carbocycles. The molecule has 0 bridgehead atoms. The highest BCUT2D eigenvalue weighted by Crippen LogP contribution is 2.39. The minimum absolute atomic E-state index is 0.0106. The zero-order valence-electron chi connectivity index (χ0n) is 8.12. The molecule has 72 valence electrons. The van der Waals surface area contributed by atoms with Gasteiger partial charge in [0.1, 0.15) is 11.6 Å². The lowest BCUT2D eigenvalue weighted by Crippen LogP contribution is -2.35. The minimum atomic E-state index is 0.0106. The number of carbonyl (C=O) groups is 2. The number of hydrogen-bond acceptors (Lipinski definition) is 3.